The standard InChI is InChI=1S/C14H26N2O2/c1-2-7-15-8-5-13(6-9-15)16(11-14(17)18)10-12-3-4-12/h12-13H,2-11H2,1H3,(H,17,18). The van der Waals surface area contributed by atoms with Crippen LogP contribution in [0.5, 0.6) is 0 Å². The minimum absolute atomic E-state index is 0.231. The van der Waals surface area contributed by atoms with Crippen LogP contribution in [-0.4, -0.2) is 59.6 Å². The predicted octanol–water partition coefficient (Wildman–Crippen LogP) is 1.66. The van der Waals surface area contributed by atoms with Crippen molar-refractivity contribution in [2.24, 2.45) is 5.92 Å². The van der Waals surface area contributed by atoms with Crippen LogP contribution in [-0.2, 0) is 4.79 Å². The van der Waals surface area contributed by atoms with E-state index in [1.165, 1.54) is 25.8 Å². The van der Waals surface area contributed by atoms with Gasteiger partial charge in [-0.25, -0.2) is 0 Å². The molecule has 18 heavy (non-hydrogen) atoms. The Morgan fingerprint density at radius 2 is 1.94 bits per heavy atom. The number of hydrogen-bond acceptors (Lipinski definition) is 3. The molecule has 0 unspecified atom stereocenters. The molecule has 1 saturated heterocycles. The average molecular weight is 254 g/mol. The Labute approximate surface area is 110 Å². The van der Waals surface area contributed by atoms with Gasteiger partial charge in [-0.1, -0.05) is 6.92 Å². The van der Waals surface area contributed by atoms with Crippen molar-refractivity contribution < 1.29 is 9.90 Å². The first-order valence-electron chi connectivity index (χ1n) is 7.37. The lowest BCUT2D eigenvalue weighted by molar-refractivity contribution is -0.139. The van der Waals surface area contributed by atoms with E-state index < -0.39 is 5.97 Å². The van der Waals surface area contributed by atoms with Crippen LogP contribution in [0.15, 0.2) is 0 Å². The Kier molecular flexibility index (Phi) is 5.01. The summed E-state index contributed by atoms with van der Waals surface area (Å²) in [7, 11) is 0. The van der Waals surface area contributed by atoms with E-state index in [1.54, 1.807) is 0 Å². The summed E-state index contributed by atoms with van der Waals surface area (Å²) in [6, 6.07) is 0.495. The van der Waals surface area contributed by atoms with E-state index in [9.17, 15) is 4.79 Å². The minimum Gasteiger partial charge on any atom is -0.480 e. The number of likely N-dealkylation sites (tertiary alicyclic amines) is 1. The van der Waals surface area contributed by atoms with E-state index in [4.69, 9.17) is 5.11 Å². The molecule has 1 aliphatic carbocycles. The highest BCUT2D eigenvalue weighted by Crippen LogP contribution is 2.31. The van der Waals surface area contributed by atoms with Crippen LogP contribution in [0, 0.1) is 5.92 Å². The molecular formula is C14H26N2O2. The second-order valence-electron chi connectivity index (χ2n) is 5.84. The second kappa shape index (κ2) is 6.53. The number of hydrogen-bond donors (Lipinski definition) is 1. The zero-order chi connectivity index (χ0) is 13.0. The van der Waals surface area contributed by atoms with Crippen LogP contribution >= 0.6 is 0 Å². The molecule has 1 heterocycles. The van der Waals surface area contributed by atoms with Crippen LogP contribution in [0.25, 0.3) is 0 Å². The molecule has 4 nitrogen and oxygen atoms in total. The van der Waals surface area contributed by atoms with Crippen molar-refractivity contribution >= 4 is 5.97 Å². The topological polar surface area (TPSA) is 43.8 Å². The highest BCUT2D eigenvalue weighted by molar-refractivity contribution is 5.69. The van der Waals surface area contributed by atoms with Gasteiger partial charge in [0.2, 0.25) is 0 Å². The van der Waals surface area contributed by atoms with Gasteiger partial charge in [-0.2, -0.15) is 0 Å². The van der Waals surface area contributed by atoms with Crippen LogP contribution in [0.1, 0.15) is 39.0 Å². The van der Waals surface area contributed by atoms with Crippen LogP contribution < -0.4 is 0 Å². The van der Waals surface area contributed by atoms with Crippen LogP contribution in [0.2, 0.25) is 0 Å². The van der Waals surface area contributed by atoms with Crippen molar-refractivity contribution in [2.45, 2.75) is 45.1 Å². The molecule has 1 aliphatic heterocycles. The van der Waals surface area contributed by atoms with E-state index in [1.807, 2.05) is 0 Å². The zero-order valence-corrected chi connectivity index (χ0v) is 11.5. The predicted molar refractivity (Wildman–Crippen MR) is 71.7 cm³/mol. The number of rotatable bonds is 7. The Bertz CT molecular complexity index is 271. The summed E-state index contributed by atoms with van der Waals surface area (Å²) in [5.74, 6) is 0.102. The molecule has 0 aromatic rings. The summed E-state index contributed by atoms with van der Waals surface area (Å²) in [6.07, 6.45) is 6.08. The molecule has 0 spiro atoms. The quantitative estimate of drug-likeness (QED) is 0.750. The largest absolute Gasteiger partial charge is 0.480 e. The number of carbonyl (C=O) groups is 1. The molecule has 0 radical (unpaired) electrons. The Hall–Kier alpha value is -0.610. The third-order valence-corrected chi connectivity index (χ3v) is 4.14. The summed E-state index contributed by atoms with van der Waals surface area (Å²) in [5, 5.41) is 9.03. The number of carboxylic acid groups (broad SMARTS) is 1. The molecule has 1 saturated carbocycles. The smallest absolute Gasteiger partial charge is 0.317 e. The van der Waals surface area contributed by atoms with Gasteiger partial charge in [-0.15, -0.1) is 0 Å². The highest BCUT2D eigenvalue weighted by atomic mass is 16.4. The molecule has 0 aromatic carbocycles. The number of piperidine rings is 1. The first kappa shape index (κ1) is 13.8. The van der Waals surface area contributed by atoms with E-state index in [0.717, 1.165) is 38.4 Å². The van der Waals surface area contributed by atoms with Gasteiger partial charge >= 0.3 is 5.97 Å². The molecule has 0 aromatic heterocycles. The van der Waals surface area contributed by atoms with Crippen molar-refractivity contribution in [1.82, 2.24) is 9.80 Å². The fourth-order valence-corrected chi connectivity index (χ4v) is 2.97. The van der Waals surface area contributed by atoms with Gasteiger partial charge in [0, 0.05) is 12.6 Å². The van der Waals surface area contributed by atoms with Crippen molar-refractivity contribution in [3.63, 3.8) is 0 Å². The average Bonchev–Trinajstić information content (AvgIpc) is 3.13. The molecule has 104 valence electrons. The van der Waals surface area contributed by atoms with Crippen molar-refractivity contribution in [1.29, 1.82) is 0 Å². The molecule has 2 aliphatic rings. The van der Waals surface area contributed by atoms with E-state index in [0.29, 0.717) is 6.04 Å². The fraction of sp³-hybridized carbons (Fsp3) is 0.929. The van der Waals surface area contributed by atoms with Crippen molar-refractivity contribution in [3.05, 3.63) is 0 Å². The maximum atomic E-state index is 11.0. The Morgan fingerprint density at radius 1 is 1.28 bits per heavy atom. The second-order valence-corrected chi connectivity index (χ2v) is 5.84. The molecule has 0 atom stereocenters. The molecule has 0 amide bonds. The summed E-state index contributed by atoms with van der Waals surface area (Å²) < 4.78 is 0. The van der Waals surface area contributed by atoms with Crippen LogP contribution in [0.3, 0.4) is 0 Å². The lowest BCUT2D eigenvalue weighted by atomic mass is 10.0. The molecular weight excluding hydrogens is 228 g/mol. The van der Waals surface area contributed by atoms with Gasteiger partial charge in [-0.05, 0) is 57.7 Å². The summed E-state index contributed by atoms with van der Waals surface area (Å²) in [5.41, 5.74) is 0. The maximum Gasteiger partial charge on any atom is 0.317 e. The summed E-state index contributed by atoms with van der Waals surface area (Å²) in [6.45, 7) is 6.92. The third-order valence-electron chi connectivity index (χ3n) is 4.14. The van der Waals surface area contributed by atoms with Crippen molar-refractivity contribution in [2.75, 3.05) is 32.7 Å². The van der Waals surface area contributed by atoms with Gasteiger partial charge in [0.15, 0.2) is 0 Å². The van der Waals surface area contributed by atoms with E-state index >= 15 is 0 Å². The highest BCUT2D eigenvalue weighted by Gasteiger charge is 2.31. The van der Waals surface area contributed by atoms with Gasteiger partial charge in [-0.3, -0.25) is 9.69 Å². The SMILES string of the molecule is CCCN1CCC(N(CC(=O)O)CC2CC2)CC1. The third kappa shape index (κ3) is 4.25. The Morgan fingerprint density at radius 3 is 2.44 bits per heavy atom. The van der Waals surface area contributed by atoms with E-state index in [2.05, 4.69) is 16.7 Å². The molecule has 0 bridgehead atoms. The number of carboxylic acids is 1. The van der Waals surface area contributed by atoms with Gasteiger partial charge in [0.1, 0.15) is 0 Å². The van der Waals surface area contributed by atoms with Crippen molar-refractivity contribution in [3.8, 4) is 0 Å². The van der Waals surface area contributed by atoms with Crippen LogP contribution in [0.4, 0.5) is 0 Å². The minimum atomic E-state index is -0.674. The maximum absolute atomic E-state index is 11.0. The molecule has 4 heteroatoms. The number of nitrogens with zero attached hydrogens (tertiary/aromatic N) is 2. The first-order valence-corrected chi connectivity index (χ1v) is 7.37. The molecule has 1 N–H and O–H groups in total. The van der Waals surface area contributed by atoms with Gasteiger partial charge < -0.3 is 10.0 Å². The monoisotopic (exact) mass is 254 g/mol. The molecule has 2 fully saturated rings. The zero-order valence-electron chi connectivity index (χ0n) is 11.5. The summed E-state index contributed by atoms with van der Waals surface area (Å²) in [4.78, 5) is 15.7. The first-order chi connectivity index (χ1) is 8.69. The fourth-order valence-electron chi connectivity index (χ4n) is 2.97. The summed E-state index contributed by atoms with van der Waals surface area (Å²) >= 11 is 0. The lowest BCUT2D eigenvalue weighted by Crippen LogP contribution is -2.47. The lowest BCUT2D eigenvalue weighted by Gasteiger charge is -2.38. The number of aliphatic carboxylic acids is 1. The molecule has 2 rings (SSSR count). The van der Waals surface area contributed by atoms with Gasteiger partial charge in [0.05, 0.1) is 6.54 Å². The van der Waals surface area contributed by atoms with E-state index in [-0.39, 0.29) is 6.54 Å². The Balaban J connectivity index is 1.80. The normalized spacial score (nSPS) is 22.6. The van der Waals surface area contributed by atoms with Gasteiger partial charge in [0.25, 0.3) is 0 Å².